The van der Waals surface area contributed by atoms with Crippen LogP contribution >= 0.6 is 37.2 Å². The zero-order valence-electron chi connectivity index (χ0n) is 18.1. The van der Waals surface area contributed by atoms with Crippen molar-refractivity contribution in [3.63, 3.8) is 0 Å². The molecule has 0 bridgehead atoms. The van der Waals surface area contributed by atoms with Gasteiger partial charge in [-0.3, -0.25) is 4.98 Å². The fraction of sp³-hybridized carbons (Fsp3) is 0.542. The van der Waals surface area contributed by atoms with Crippen molar-refractivity contribution in [1.29, 1.82) is 0 Å². The first-order chi connectivity index (χ1) is 13.2. The van der Waals surface area contributed by atoms with Crippen LogP contribution in [0.1, 0.15) is 43.4 Å². The van der Waals surface area contributed by atoms with Crippen molar-refractivity contribution in [3.8, 4) is 11.1 Å². The monoisotopic (exact) mass is 471 g/mol. The van der Waals surface area contributed by atoms with Gasteiger partial charge in [-0.1, -0.05) is 36.8 Å². The number of nitrogens with zero attached hydrogens (tertiary/aromatic N) is 3. The van der Waals surface area contributed by atoms with Crippen molar-refractivity contribution in [2.24, 2.45) is 5.92 Å². The Labute approximate surface area is 200 Å². The second-order valence-electron chi connectivity index (χ2n) is 8.74. The van der Waals surface area contributed by atoms with Crippen molar-refractivity contribution < 1.29 is 0 Å². The highest BCUT2D eigenvalue weighted by Gasteiger charge is 2.28. The van der Waals surface area contributed by atoms with E-state index >= 15 is 0 Å². The van der Waals surface area contributed by atoms with Crippen LogP contribution in [0.25, 0.3) is 11.1 Å². The van der Waals surface area contributed by atoms with E-state index in [4.69, 9.17) is 4.98 Å². The highest BCUT2D eigenvalue weighted by molar-refractivity contribution is 5.86. The highest BCUT2D eigenvalue weighted by atomic mass is 35.5. The van der Waals surface area contributed by atoms with E-state index in [0.717, 1.165) is 24.9 Å². The van der Waals surface area contributed by atoms with Crippen molar-refractivity contribution in [1.82, 2.24) is 14.8 Å². The average Bonchev–Trinajstić information content (AvgIpc) is 2.63. The third-order valence-electron chi connectivity index (χ3n) is 6.35. The standard InChI is InChI=1S/C24H33N3.3ClH/c1-26(2)18-20-6-8-21(9-7-20)22-10-11-23(25-17-22)16-19-12-14-27(15-13-19)24-4-3-5-24;;;/h6-11,17,19,24H,3-5,12-16,18H2,1-2H3;3*1H. The number of likely N-dealkylation sites (tertiary alicyclic amines) is 1. The summed E-state index contributed by atoms with van der Waals surface area (Å²) < 4.78 is 0. The fourth-order valence-corrected chi connectivity index (χ4v) is 4.45. The number of aromatic nitrogens is 1. The van der Waals surface area contributed by atoms with Gasteiger partial charge in [0, 0.05) is 30.0 Å². The number of rotatable bonds is 6. The van der Waals surface area contributed by atoms with E-state index in [0.29, 0.717) is 0 Å². The number of benzene rings is 1. The maximum absolute atomic E-state index is 4.78. The molecule has 0 radical (unpaired) electrons. The molecule has 30 heavy (non-hydrogen) atoms. The molecule has 1 saturated heterocycles. The van der Waals surface area contributed by atoms with Gasteiger partial charge in [0.2, 0.25) is 0 Å². The van der Waals surface area contributed by atoms with Crippen LogP contribution in [0.4, 0.5) is 0 Å². The summed E-state index contributed by atoms with van der Waals surface area (Å²) in [6.45, 7) is 3.58. The molecule has 0 N–H and O–H groups in total. The molecule has 1 aromatic carbocycles. The summed E-state index contributed by atoms with van der Waals surface area (Å²) in [5, 5.41) is 0. The molecule has 4 rings (SSSR count). The summed E-state index contributed by atoms with van der Waals surface area (Å²) in [5.74, 6) is 0.810. The average molecular weight is 473 g/mol. The molecule has 1 aliphatic heterocycles. The topological polar surface area (TPSA) is 19.4 Å². The van der Waals surface area contributed by atoms with Gasteiger partial charge in [-0.15, -0.1) is 37.2 Å². The predicted molar refractivity (Wildman–Crippen MR) is 134 cm³/mol. The molecule has 0 spiro atoms. The number of hydrogen-bond donors (Lipinski definition) is 0. The molecular formula is C24H36Cl3N3. The van der Waals surface area contributed by atoms with Gasteiger partial charge >= 0.3 is 0 Å². The second-order valence-corrected chi connectivity index (χ2v) is 8.74. The van der Waals surface area contributed by atoms with Crippen LogP contribution in [0.5, 0.6) is 0 Å². The lowest BCUT2D eigenvalue weighted by atomic mass is 9.86. The Bertz CT molecular complexity index is 722. The molecule has 2 aromatic rings. The van der Waals surface area contributed by atoms with E-state index in [1.54, 1.807) is 0 Å². The van der Waals surface area contributed by atoms with Crippen LogP contribution in [-0.2, 0) is 13.0 Å². The van der Waals surface area contributed by atoms with Crippen LogP contribution in [0, 0.1) is 5.92 Å². The quantitative estimate of drug-likeness (QED) is 0.523. The molecule has 2 aliphatic rings. The van der Waals surface area contributed by atoms with Gasteiger partial charge in [0.1, 0.15) is 0 Å². The van der Waals surface area contributed by atoms with E-state index < -0.39 is 0 Å². The Kier molecular flexibility index (Phi) is 11.7. The normalized spacial score (nSPS) is 17.4. The maximum atomic E-state index is 4.78. The number of pyridine rings is 1. The number of piperidine rings is 1. The molecule has 2 fully saturated rings. The van der Waals surface area contributed by atoms with E-state index in [-0.39, 0.29) is 37.2 Å². The Hall–Kier alpha value is -0.840. The molecule has 0 unspecified atom stereocenters. The van der Waals surface area contributed by atoms with Crippen molar-refractivity contribution in [3.05, 3.63) is 53.9 Å². The van der Waals surface area contributed by atoms with Crippen LogP contribution in [0.15, 0.2) is 42.6 Å². The minimum absolute atomic E-state index is 0. The first-order valence-corrected chi connectivity index (χ1v) is 10.6. The van der Waals surface area contributed by atoms with Gasteiger partial charge in [0.05, 0.1) is 0 Å². The highest BCUT2D eigenvalue weighted by Crippen LogP contribution is 2.30. The summed E-state index contributed by atoms with van der Waals surface area (Å²) in [6.07, 6.45) is 10.2. The lowest BCUT2D eigenvalue weighted by Gasteiger charge is -2.41. The summed E-state index contributed by atoms with van der Waals surface area (Å²) in [5.41, 5.74) is 5.08. The molecule has 168 valence electrons. The minimum Gasteiger partial charge on any atom is -0.305 e. The Morgan fingerprint density at radius 3 is 2.00 bits per heavy atom. The van der Waals surface area contributed by atoms with Gasteiger partial charge in [-0.2, -0.15) is 0 Å². The molecule has 0 atom stereocenters. The Morgan fingerprint density at radius 1 is 0.867 bits per heavy atom. The molecule has 6 heteroatoms. The summed E-state index contributed by atoms with van der Waals surface area (Å²) in [4.78, 5) is 9.71. The van der Waals surface area contributed by atoms with Crippen molar-refractivity contribution in [2.45, 2.75) is 51.1 Å². The SMILES string of the molecule is CN(C)Cc1ccc(-c2ccc(CC3CCN(C4CCC4)CC3)nc2)cc1.Cl.Cl.Cl. The third kappa shape index (κ3) is 7.10. The summed E-state index contributed by atoms with van der Waals surface area (Å²) in [7, 11) is 4.21. The van der Waals surface area contributed by atoms with Gasteiger partial charge < -0.3 is 9.80 Å². The van der Waals surface area contributed by atoms with Crippen LogP contribution < -0.4 is 0 Å². The van der Waals surface area contributed by atoms with E-state index in [1.165, 1.54) is 67.6 Å². The van der Waals surface area contributed by atoms with Gasteiger partial charge in [0.25, 0.3) is 0 Å². The zero-order chi connectivity index (χ0) is 18.6. The van der Waals surface area contributed by atoms with Crippen LogP contribution in [0.2, 0.25) is 0 Å². The van der Waals surface area contributed by atoms with E-state index in [2.05, 4.69) is 66.5 Å². The summed E-state index contributed by atoms with van der Waals surface area (Å²) in [6, 6.07) is 14.3. The largest absolute Gasteiger partial charge is 0.305 e. The first-order valence-electron chi connectivity index (χ1n) is 10.6. The van der Waals surface area contributed by atoms with E-state index in [1.807, 2.05) is 0 Å². The Balaban J connectivity index is 0.00000150. The molecule has 1 aliphatic carbocycles. The third-order valence-corrected chi connectivity index (χ3v) is 6.35. The summed E-state index contributed by atoms with van der Waals surface area (Å²) >= 11 is 0. The lowest BCUT2D eigenvalue weighted by Crippen LogP contribution is -2.45. The van der Waals surface area contributed by atoms with Gasteiger partial charge in [0.15, 0.2) is 0 Å². The minimum atomic E-state index is 0. The van der Waals surface area contributed by atoms with Crippen molar-refractivity contribution in [2.75, 3.05) is 27.2 Å². The van der Waals surface area contributed by atoms with Crippen molar-refractivity contribution >= 4 is 37.2 Å². The van der Waals surface area contributed by atoms with Crippen LogP contribution in [-0.4, -0.2) is 48.0 Å². The predicted octanol–water partition coefficient (Wildman–Crippen LogP) is 5.88. The molecule has 2 heterocycles. The van der Waals surface area contributed by atoms with Gasteiger partial charge in [-0.25, -0.2) is 0 Å². The molecular weight excluding hydrogens is 437 g/mol. The fourth-order valence-electron chi connectivity index (χ4n) is 4.45. The second kappa shape index (κ2) is 12.9. The van der Waals surface area contributed by atoms with E-state index in [9.17, 15) is 0 Å². The first kappa shape index (κ1) is 27.2. The number of hydrogen-bond acceptors (Lipinski definition) is 3. The lowest BCUT2D eigenvalue weighted by molar-refractivity contribution is 0.0845. The molecule has 0 amide bonds. The van der Waals surface area contributed by atoms with Gasteiger partial charge in [-0.05, 0) is 82.4 Å². The number of halogens is 3. The molecule has 3 nitrogen and oxygen atoms in total. The maximum Gasteiger partial charge on any atom is 0.0406 e. The smallest absolute Gasteiger partial charge is 0.0406 e. The molecule has 1 saturated carbocycles. The Morgan fingerprint density at radius 2 is 1.50 bits per heavy atom. The molecule has 1 aromatic heterocycles. The van der Waals surface area contributed by atoms with Crippen LogP contribution in [0.3, 0.4) is 0 Å². The zero-order valence-corrected chi connectivity index (χ0v) is 20.6.